The third-order valence-corrected chi connectivity index (χ3v) is 5.10. The van der Waals surface area contributed by atoms with E-state index in [4.69, 9.17) is 11.6 Å². The summed E-state index contributed by atoms with van der Waals surface area (Å²) in [6.45, 7) is 5.36. The lowest BCUT2D eigenvalue weighted by Gasteiger charge is -2.33. The Morgan fingerprint density at radius 3 is 2.61 bits per heavy atom. The van der Waals surface area contributed by atoms with E-state index in [1.165, 1.54) is 0 Å². The molecule has 5 nitrogen and oxygen atoms in total. The Labute approximate surface area is 171 Å². The summed E-state index contributed by atoms with van der Waals surface area (Å²) in [6, 6.07) is 14.8. The van der Waals surface area contributed by atoms with E-state index >= 15 is 0 Å². The second kappa shape index (κ2) is 9.11. The summed E-state index contributed by atoms with van der Waals surface area (Å²) in [5.74, 6) is 0.0735. The fraction of sp³-hybridized carbons (Fsp3) is 0.364. The van der Waals surface area contributed by atoms with E-state index in [1.807, 2.05) is 36.9 Å². The van der Waals surface area contributed by atoms with Gasteiger partial charge in [0.1, 0.15) is 0 Å². The number of carbonyl (C=O) groups is 2. The largest absolute Gasteiger partial charge is 0.336 e. The van der Waals surface area contributed by atoms with Crippen molar-refractivity contribution in [2.75, 3.05) is 18.4 Å². The van der Waals surface area contributed by atoms with Crippen molar-refractivity contribution < 1.29 is 9.59 Å². The molecule has 0 spiro atoms. The molecule has 1 fully saturated rings. The van der Waals surface area contributed by atoms with Crippen LogP contribution in [0.4, 0.5) is 10.5 Å². The molecule has 6 heteroatoms. The van der Waals surface area contributed by atoms with Gasteiger partial charge in [-0.2, -0.15) is 0 Å². The van der Waals surface area contributed by atoms with Crippen LogP contribution in [-0.2, 0) is 0 Å². The van der Waals surface area contributed by atoms with E-state index in [2.05, 4.69) is 10.6 Å². The summed E-state index contributed by atoms with van der Waals surface area (Å²) in [7, 11) is 0. The van der Waals surface area contributed by atoms with Crippen molar-refractivity contribution in [3.63, 3.8) is 0 Å². The molecule has 1 aliphatic heterocycles. The van der Waals surface area contributed by atoms with E-state index in [1.54, 1.807) is 30.3 Å². The molecular weight excluding hydrogens is 374 g/mol. The molecule has 0 aromatic heterocycles. The van der Waals surface area contributed by atoms with Crippen LogP contribution in [0.2, 0.25) is 5.02 Å². The fourth-order valence-corrected chi connectivity index (χ4v) is 3.57. The molecule has 0 radical (unpaired) electrons. The number of likely N-dealkylation sites (tertiary alicyclic amines) is 1. The van der Waals surface area contributed by atoms with Gasteiger partial charge < -0.3 is 15.5 Å². The van der Waals surface area contributed by atoms with Crippen molar-refractivity contribution in [2.24, 2.45) is 0 Å². The average molecular weight is 400 g/mol. The highest BCUT2D eigenvalue weighted by atomic mass is 35.5. The van der Waals surface area contributed by atoms with Crippen molar-refractivity contribution >= 4 is 29.2 Å². The van der Waals surface area contributed by atoms with Gasteiger partial charge in [0.05, 0.1) is 0 Å². The first-order valence-electron chi connectivity index (χ1n) is 9.64. The van der Waals surface area contributed by atoms with Crippen LogP contribution >= 0.6 is 11.6 Å². The maximum absolute atomic E-state index is 12.6. The van der Waals surface area contributed by atoms with Crippen LogP contribution in [0, 0.1) is 0 Å². The minimum absolute atomic E-state index is 0.0173. The predicted molar refractivity (Wildman–Crippen MR) is 113 cm³/mol. The fourth-order valence-electron chi connectivity index (χ4n) is 3.44. The second-order valence-corrected chi connectivity index (χ2v) is 7.91. The lowest BCUT2D eigenvalue weighted by atomic mass is 9.89. The van der Waals surface area contributed by atoms with E-state index < -0.39 is 0 Å². The minimum atomic E-state index is -0.158. The molecule has 3 rings (SSSR count). The molecule has 28 heavy (non-hydrogen) atoms. The molecular formula is C22H26ClN3O2. The molecule has 0 aliphatic carbocycles. The van der Waals surface area contributed by atoms with Crippen LogP contribution in [0.5, 0.6) is 0 Å². The first kappa shape index (κ1) is 20.2. The number of nitrogens with zero attached hydrogens (tertiary/aromatic N) is 1. The van der Waals surface area contributed by atoms with Gasteiger partial charge >= 0.3 is 6.03 Å². The summed E-state index contributed by atoms with van der Waals surface area (Å²) in [5.41, 5.74) is 2.40. The van der Waals surface area contributed by atoms with Crippen LogP contribution in [0.15, 0.2) is 48.5 Å². The summed E-state index contributed by atoms with van der Waals surface area (Å²) < 4.78 is 0. The van der Waals surface area contributed by atoms with Crippen LogP contribution in [0.1, 0.15) is 48.5 Å². The Kier molecular flexibility index (Phi) is 6.57. The monoisotopic (exact) mass is 399 g/mol. The standard InChI is InChI=1S/C22H26ClN3O2/c1-15(2)24-22(28)26-12-4-7-18(14-26)16-5-3-6-17(13-16)21(27)25-20-10-8-19(23)9-11-20/h3,5-6,8-11,13,15,18H,4,7,12,14H2,1-2H3,(H,24,28)(H,25,27)/t18-/m1/s1. The number of halogens is 1. The highest BCUT2D eigenvalue weighted by Crippen LogP contribution is 2.28. The maximum Gasteiger partial charge on any atom is 0.317 e. The molecule has 148 valence electrons. The predicted octanol–water partition coefficient (Wildman–Crippen LogP) is 4.89. The number of anilines is 1. The number of amides is 3. The number of hydrogen-bond acceptors (Lipinski definition) is 2. The van der Waals surface area contributed by atoms with Crippen molar-refractivity contribution in [1.29, 1.82) is 0 Å². The van der Waals surface area contributed by atoms with E-state index in [0.717, 1.165) is 24.9 Å². The minimum Gasteiger partial charge on any atom is -0.336 e. The lowest BCUT2D eigenvalue weighted by Crippen LogP contribution is -2.47. The molecule has 1 atom stereocenters. The zero-order valence-electron chi connectivity index (χ0n) is 16.2. The van der Waals surface area contributed by atoms with Gasteiger partial charge in [0.2, 0.25) is 0 Å². The normalized spacial score (nSPS) is 16.7. The molecule has 0 bridgehead atoms. The van der Waals surface area contributed by atoms with Gasteiger partial charge in [-0.1, -0.05) is 23.7 Å². The van der Waals surface area contributed by atoms with Crippen LogP contribution in [0.3, 0.4) is 0 Å². The summed E-state index contributed by atoms with van der Waals surface area (Å²) in [5, 5.41) is 6.48. The number of benzene rings is 2. The van der Waals surface area contributed by atoms with Crippen LogP contribution in [-0.4, -0.2) is 36.0 Å². The molecule has 1 aliphatic rings. The Bertz CT molecular complexity index is 836. The average Bonchev–Trinajstić information content (AvgIpc) is 2.69. The van der Waals surface area contributed by atoms with Crippen molar-refractivity contribution in [3.8, 4) is 0 Å². The van der Waals surface area contributed by atoms with Gasteiger partial charge in [0, 0.05) is 41.3 Å². The highest BCUT2D eigenvalue weighted by molar-refractivity contribution is 6.30. The molecule has 3 amide bonds. The number of carbonyl (C=O) groups excluding carboxylic acids is 2. The first-order valence-corrected chi connectivity index (χ1v) is 10.0. The zero-order valence-corrected chi connectivity index (χ0v) is 17.0. The Morgan fingerprint density at radius 1 is 1.14 bits per heavy atom. The van der Waals surface area contributed by atoms with Gasteiger partial charge in [0.25, 0.3) is 5.91 Å². The van der Waals surface area contributed by atoms with Gasteiger partial charge in [-0.05, 0) is 68.7 Å². The highest BCUT2D eigenvalue weighted by Gasteiger charge is 2.25. The number of piperidine rings is 1. The van der Waals surface area contributed by atoms with Crippen molar-refractivity contribution in [2.45, 2.75) is 38.6 Å². The SMILES string of the molecule is CC(C)NC(=O)N1CCC[C@@H](c2cccc(C(=O)Nc3ccc(Cl)cc3)c2)C1. The summed E-state index contributed by atoms with van der Waals surface area (Å²) in [4.78, 5) is 26.8. The van der Waals surface area contributed by atoms with Gasteiger partial charge in [0.15, 0.2) is 0 Å². The Morgan fingerprint density at radius 2 is 1.89 bits per heavy atom. The van der Waals surface area contributed by atoms with Crippen molar-refractivity contribution in [1.82, 2.24) is 10.2 Å². The second-order valence-electron chi connectivity index (χ2n) is 7.48. The quantitative estimate of drug-likeness (QED) is 0.768. The molecule has 1 saturated heterocycles. The third-order valence-electron chi connectivity index (χ3n) is 4.84. The van der Waals surface area contributed by atoms with E-state index in [-0.39, 0.29) is 23.9 Å². The molecule has 0 saturated carbocycles. The van der Waals surface area contributed by atoms with Gasteiger partial charge in [-0.3, -0.25) is 4.79 Å². The molecule has 0 unspecified atom stereocenters. The number of nitrogens with one attached hydrogen (secondary N) is 2. The Hall–Kier alpha value is -2.53. The molecule has 2 N–H and O–H groups in total. The van der Waals surface area contributed by atoms with Gasteiger partial charge in [-0.25, -0.2) is 4.79 Å². The first-order chi connectivity index (χ1) is 13.4. The van der Waals surface area contributed by atoms with Crippen LogP contribution in [0.25, 0.3) is 0 Å². The summed E-state index contributed by atoms with van der Waals surface area (Å²) >= 11 is 5.89. The third kappa shape index (κ3) is 5.26. The topological polar surface area (TPSA) is 61.4 Å². The van der Waals surface area contributed by atoms with Gasteiger partial charge in [-0.15, -0.1) is 0 Å². The maximum atomic E-state index is 12.6. The molecule has 2 aromatic rings. The summed E-state index contributed by atoms with van der Waals surface area (Å²) in [6.07, 6.45) is 1.96. The Balaban J connectivity index is 1.69. The smallest absolute Gasteiger partial charge is 0.317 e. The number of hydrogen-bond donors (Lipinski definition) is 2. The van der Waals surface area contributed by atoms with E-state index in [0.29, 0.717) is 22.8 Å². The van der Waals surface area contributed by atoms with E-state index in [9.17, 15) is 9.59 Å². The molecule has 2 aromatic carbocycles. The molecule has 1 heterocycles. The number of rotatable bonds is 4. The lowest BCUT2D eigenvalue weighted by molar-refractivity contribution is 0.102. The number of urea groups is 1. The van der Waals surface area contributed by atoms with Crippen LogP contribution < -0.4 is 10.6 Å². The van der Waals surface area contributed by atoms with Crippen molar-refractivity contribution in [3.05, 3.63) is 64.7 Å². The zero-order chi connectivity index (χ0) is 20.1.